The summed E-state index contributed by atoms with van der Waals surface area (Å²) in [7, 11) is 0. The number of ether oxygens (including phenoxy) is 1. The van der Waals surface area contributed by atoms with Crippen LogP contribution in [0.2, 0.25) is 0 Å². The normalized spacial score (nSPS) is 11.0. The Balaban J connectivity index is 1.26. The molecule has 0 amide bonds. The highest BCUT2D eigenvalue weighted by atomic mass is 16.6. The summed E-state index contributed by atoms with van der Waals surface area (Å²) in [6.07, 6.45) is 3.88. The van der Waals surface area contributed by atoms with Crippen LogP contribution in [0, 0.1) is 6.92 Å². The van der Waals surface area contributed by atoms with E-state index < -0.39 is 0 Å². The van der Waals surface area contributed by atoms with Gasteiger partial charge in [-0.15, -0.1) is 0 Å². The van der Waals surface area contributed by atoms with Crippen LogP contribution in [0.25, 0.3) is 22.3 Å². The summed E-state index contributed by atoms with van der Waals surface area (Å²) in [6.45, 7) is 1.98. The van der Waals surface area contributed by atoms with E-state index in [1.54, 1.807) is 0 Å². The maximum atomic E-state index is 12.0. The van der Waals surface area contributed by atoms with Gasteiger partial charge in [-0.1, -0.05) is 47.6 Å². The molecule has 0 unspecified atom stereocenters. The molecule has 142 valence electrons. The summed E-state index contributed by atoms with van der Waals surface area (Å²) in [6, 6.07) is 15.9. The molecule has 0 radical (unpaired) electrons. The van der Waals surface area contributed by atoms with Gasteiger partial charge in [0.2, 0.25) is 5.82 Å². The van der Waals surface area contributed by atoms with Crippen molar-refractivity contribution in [3.05, 3.63) is 71.7 Å². The molecular weight excluding hydrogens is 354 g/mol. The zero-order chi connectivity index (χ0) is 19.3. The van der Waals surface area contributed by atoms with E-state index in [0.29, 0.717) is 18.1 Å². The number of carbonyl (C=O) groups excluding carboxylic acids is 1. The number of nitrogens with one attached hydrogen (secondary N) is 1. The van der Waals surface area contributed by atoms with Crippen LogP contribution in [0.1, 0.15) is 29.9 Å². The second kappa shape index (κ2) is 8.08. The first kappa shape index (κ1) is 18.0. The number of H-pyrrole nitrogens is 1. The maximum Gasteiger partial charge on any atom is 0.306 e. The SMILES string of the molecule is Cc1ccccc1-c1noc(COC(=O)CCCc2c[nH]c3ccccc23)n1. The summed E-state index contributed by atoms with van der Waals surface area (Å²) >= 11 is 0. The molecule has 0 saturated carbocycles. The monoisotopic (exact) mass is 375 g/mol. The number of benzene rings is 2. The standard InChI is InChI=1S/C22H21N3O3/c1-15-7-2-3-9-17(15)22-24-20(28-25-22)14-27-21(26)12-6-8-16-13-23-19-11-5-4-10-18(16)19/h2-5,7,9-11,13,23H,6,8,12,14H2,1H3. The van der Waals surface area contributed by atoms with E-state index in [0.717, 1.165) is 29.5 Å². The number of aryl methyl sites for hydroxylation is 2. The molecule has 0 atom stereocenters. The highest BCUT2D eigenvalue weighted by Crippen LogP contribution is 2.21. The van der Waals surface area contributed by atoms with E-state index in [4.69, 9.17) is 9.26 Å². The van der Waals surface area contributed by atoms with Gasteiger partial charge in [0.1, 0.15) is 0 Å². The Kier molecular flexibility index (Phi) is 5.19. The highest BCUT2D eigenvalue weighted by molar-refractivity contribution is 5.83. The van der Waals surface area contributed by atoms with Crippen molar-refractivity contribution in [1.29, 1.82) is 0 Å². The Morgan fingerprint density at radius 2 is 1.96 bits per heavy atom. The molecule has 4 rings (SSSR count). The fraction of sp³-hybridized carbons (Fsp3) is 0.227. The number of rotatable bonds is 7. The van der Waals surface area contributed by atoms with Gasteiger partial charge in [0, 0.05) is 29.1 Å². The van der Waals surface area contributed by atoms with Crippen molar-refractivity contribution >= 4 is 16.9 Å². The number of fused-ring (bicyclic) bond motifs is 1. The quantitative estimate of drug-likeness (QED) is 0.478. The summed E-state index contributed by atoms with van der Waals surface area (Å²) in [5, 5.41) is 5.17. The van der Waals surface area contributed by atoms with Gasteiger partial charge in [0.15, 0.2) is 6.61 Å². The number of hydrogen-bond acceptors (Lipinski definition) is 5. The van der Waals surface area contributed by atoms with Crippen molar-refractivity contribution in [2.75, 3.05) is 0 Å². The van der Waals surface area contributed by atoms with E-state index in [-0.39, 0.29) is 12.6 Å². The van der Waals surface area contributed by atoms with Crippen LogP contribution >= 0.6 is 0 Å². The molecule has 6 nitrogen and oxygen atoms in total. The second-order valence-electron chi connectivity index (χ2n) is 6.70. The van der Waals surface area contributed by atoms with Crippen LogP contribution in [0.3, 0.4) is 0 Å². The van der Waals surface area contributed by atoms with Crippen LogP contribution in [0.5, 0.6) is 0 Å². The maximum absolute atomic E-state index is 12.0. The number of esters is 1. The third kappa shape index (κ3) is 3.96. The number of aromatic nitrogens is 3. The molecule has 28 heavy (non-hydrogen) atoms. The van der Waals surface area contributed by atoms with Crippen LogP contribution in [-0.4, -0.2) is 21.1 Å². The minimum Gasteiger partial charge on any atom is -0.456 e. The molecule has 0 fully saturated rings. The first-order valence-electron chi connectivity index (χ1n) is 9.30. The molecule has 0 aliphatic heterocycles. The Bertz CT molecular complexity index is 1100. The predicted molar refractivity (Wildman–Crippen MR) is 106 cm³/mol. The second-order valence-corrected chi connectivity index (χ2v) is 6.70. The van der Waals surface area contributed by atoms with Crippen molar-refractivity contribution in [2.45, 2.75) is 32.8 Å². The van der Waals surface area contributed by atoms with Gasteiger partial charge in [-0.05, 0) is 37.0 Å². The molecule has 6 heteroatoms. The molecular formula is C22H21N3O3. The fourth-order valence-electron chi connectivity index (χ4n) is 3.22. The third-order valence-corrected chi connectivity index (χ3v) is 4.71. The van der Waals surface area contributed by atoms with Gasteiger partial charge in [-0.25, -0.2) is 0 Å². The van der Waals surface area contributed by atoms with Crippen molar-refractivity contribution in [3.63, 3.8) is 0 Å². The molecule has 0 bridgehead atoms. The van der Waals surface area contributed by atoms with Crippen LogP contribution in [-0.2, 0) is 22.6 Å². The Morgan fingerprint density at radius 3 is 2.86 bits per heavy atom. The van der Waals surface area contributed by atoms with Gasteiger partial charge < -0.3 is 14.2 Å². The number of nitrogens with zero attached hydrogens (tertiary/aromatic N) is 2. The van der Waals surface area contributed by atoms with Crippen molar-refractivity contribution in [2.24, 2.45) is 0 Å². The van der Waals surface area contributed by atoms with E-state index in [1.165, 1.54) is 10.9 Å². The average Bonchev–Trinajstić information content (AvgIpc) is 3.34. The minimum atomic E-state index is -0.268. The van der Waals surface area contributed by atoms with E-state index in [1.807, 2.05) is 55.6 Å². The highest BCUT2D eigenvalue weighted by Gasteiger charge is 2.12. The molecule has 0 aliphatic rings. The van der Waals surface area contributed by atoms with Crippen molar-refractivity contribution in [3.8, 4) is 11.4 Å². The van der Waals surface area contributed by atoms with Crippen molar-refractivity contribution in [1.82, 2.24) is 15.1 Å². The molecule has 2 aromatic heterocycles. The Hall–Kier alpha value is -3.41. The molecule has 0 saturated heterocycles. The van der Waals surface area contributed by atoms with Crippen LogP contribution in [0.4, 0.5) is 0 Å². The van der Waals surface area contributed by atoms with Crippen LogP contribution in [0.15, 0.2) is 59.3 Å². The largest absolute Gasteiger partial charge is 0.456 e. The lowest BCUT2D eigenvalue weighted by atomic mass is 10.1. The van der Waals surface area contributed by atoms with Gasteiger partial charge in [0.25, 0.3) is 5.89 Å². The summed E-state index contributed by atoms with van der Waals surface area (Å²) in [5.41, 5.74) is 4.29. The number of carbonyl (C=O) groups is 1. The lowest BCUT2D eigenvalue weighted by molar-refractivity contribution is -0.145. The average molecular weight is 375 g/mol. The molecule has 4 aromatic rings. The molecule has 0 aliphatic carbocycles. The van der Waals surface area contributed by atoms with Gasteiger partial charge in [0.05, 0.1) is 0 Å². The van der Waals surface area contributed by atoms with E-state index in [9.17, 15) is 4.79 Å². The lowest BCUT2D eigenvalue weighted by Gasteiger charge is -2.02. The first-order chi connectivity index (χ1) is 13.7. The van der Waals surface area contributed by atoms with Gasteiger partial charge in [-0.3, -0.25) is 4.79 Å². The van der Waals surface area contributed by atoms with Gasteiger partial charge >= 0.3 is 5.97 Å². The molecule has 0 spiro atoms. The number of para-hydroxylation sites is 1. The smallest absolute Gasteiger partial charge is 0.306 e. The zero-order valence-corrected chi connectivity index (χ0v) is 15.6. The summed E-state index contributed by atoms with van der Waals surface area (Å²) in [4.78, 5) is 19.6. The number of aromatic amines is 1. The number of hydrogen-bond donors (Lipinski definition) is 1. The van der Waals surface area contributed by atoms with E-state index >= 15 is 0 Å². The fourth-order valence-corrected chi connectivity index (χ4v) is 3.22. The van der Waals surface area contributed by atoms with E-state index in [2.05, 4.69) is 21.2 Å². The molecule has 2 heterocycles. The first-order valence-corrected chi connectivity index (χ1v) is 9.30. The van der Waals surface area contributed by atoms with Crippen molar-refractivity contribution < 1.29 is 14.1 Å². The Morgan fingerprint density at radius 1 is 1.14 bits per heavy atom. The predicted octanol–water partition coefficient (Wildman–Crippen LogP) is 4.59. The van der Waals surface area contributed by atoms with Gasteiger partial charge in [-0.2, -0.15) is 4.98 Å². The molecule has 1 N–H and O–H groups in total. The summed E-state index contributed by atoms with van der Waals surface area (Å²) < 4.78 is 10.5. The topological polar surface area (TPSA) is 81.0 Å². The minimum absolute atomic E-state index is 0.00913. The zero-order valence-electron chi connectivity index (χ0n) is 15.6. The summed E-state index contributed by atoms with van der Waals surface area (Å²) in [5.74, 6) is 0.530. The Labute approximate surface area is 162 Å². The van der Waals surface area contributed by atoms with Crippen LogP contribution < -0.4 is 0 Å². The third-order valence-electron chi connectivity index (χ3n) is 4.71. The lowest BCUT2D eigenvalue weighted by Crippen LogP contribution is -2.05. The molecule has 2 aromatic carbocycles.